The largest absolute Gasteiger partial charge is 0.368 e. The standard InChI is InChI=1S/C22H25N3O2S/c1-17-7-9-18(10-8-17)23-28(26,27)22-12-11-21(19-5-3-4-6-20(19)22)25-15-13-24(2)14-16-25/h3-12,23H,13-16H2,1-2H3. The Morgan fingerprint density at radius 1 is 0.821 bits per heavy atom. The molecule has 0 aromatic heterocycles. The average molecular weight is 396 g/mol. The van der Waals surface area contributed by atoms with E-state index in [9.17, 15) is 8.42 Å². The van der Waals surface area contributed by atoms with Gasteiger partial charge in [0.25, 0.3) is 10.0 Å². The number of nitrogens with zero attached hydrogens (tertiary/aromatic N) is 2. The summed E-state index contributed by atoms with van der Waals surface area (Å²) in [6.45, 7) is 5.86. The number of rotatable bonds is 4. The summed E-state index contributed by atoms with van der Waals surface area (Å²) in [4.78, 5) is 4.95. The molecule has 0 amide bonds. The van der Waals surface area contributed by atoms with Crippen LogP contribution in [0.25, 0.3) is 10.8 Å². The van der Waals surface area contributed by atoms with Crippen LogP contribution < -0.4 is 9.62 Å². The Labute approximate surface area is 166 Å². The molecule has 0 bridgehead atoms. The number of sulfonamides is 1. The van der Waals surface area contributed by atoms with Crippen LogP contribution in [0.3, 0.4) is 0 Å². The molecule has 0 spiro atoms. The smallest absolute Gasteiger partial charge is 0.262 e. The van der Waals surface area contributed by atoms with E-state index in [1.807, 2.05) is 49.4 Å². The first-order chi connectivity index (χ1) is 13.4. The van der Waals surface area contributed by atoms with Gasteiger partial charge in [-0.25, -0.2) is 8.42 Å². The number of nitrogens with one attached hydrogen (secondary N) is 1. The summed E-state index contributed by atoms with van der Waals surface area (Å²) in [6, 6.07) is 18.8. The van der Waals surface area contributed by atoms with Gasteiger partial charge in [-0.05, 0) is 38.2 Å². The van der Waals surface area contributed by atoms with Crippen LogP contribution in [0, 0.1) is 6.92 Å². The molecule has 28 heavy (non-hydrogen) atoms. The zero-order valence-electron chi connectivity index (χ0n) is 16.2. The van der Waals surface area contributed by atoms with Crippen molar-refractivity contribution in [1.82, 2.24) is 4.90 Å². The highest BCUT2D eigenvalue weighted by molar-refractivity contribution is 7.93. The minimum atomic E-state index is -3.69. The first-order valence-corrected chi connectivity index (χ1v) is 11.0. The number of aryl methyl sites for hydroxylation is 1. The molecule has 0 aliphatic carbocycles. The number of piperazine rings is 1. The van der Waals surface area contributed by atoms with Crippen LogP contribution in [-0.2, 0) is 10.0 Å². The molecule has 1 aliphatic rings. The van der Waals surface area contributed by atoms with Gasteiger partial charge in [0.1, 0.15) is 0 Å². The maximum atomic E-state index is 13.1. The van der Waals surface area contributed by atoms with Crippen LogP contribution in [-0.4, -0.2) is 46.5 Å². The van der Waals surface area contributed by atoms with E-state index in [2.05, 4.69) is 21.6 Å². The van der Waals surface area contributed by atoms with Gasteiger partial charge in [0.05, 0.1) is 4.90 Å². The lowest BCUT2D eigenvalue weighted by Gasteiger charge is -2.34. The monoisotopic (exact) mass is 395 g/mol. The molecule has 6 heteroatoms. The summed E-state index contributed by atoms with van der Waals surface area (Å²) >= 11 is 0. The molecule has 1 saturated heterocycles. The second kappa shape index (κ2) is 7.45. The van der Waals surface area contributed by atoms with Gasteiger partial charge in [-0.15, -0.1) is 0 Å². The fourth-order valence-corrected chi connectivity index (χ4v) is 4.92. The Morgan fingerprint density at radius 2 is 1.46 bits per heavy atom. The predicted octanol–water partition coefficient (Wildman–Crippen LogP) is 3.70. The Bertz CT molecular complexity index is 1090. The van der Waals surface area contributed by atoms with Crippen molar-refractivity contribution in [3.8, 4) is 0 Å². The van der Waals surface area contributed by atoms with Crippen molar-refractivity contribution in [3.05, 3.63) is 66.2 Å². The topological polar surface area (TPSA) is 52.7 Å². The molecule has 0 saturated carbocycles. The van der Waals surface area contributed by atoms with Gasteiger partial charge in [-0.1, -0.05) is 42.0 Å². The first-order valence-electron chi connectivity index (χ1n) is 9.49. The van der Waals surface area contributed by atoms with E-state index in [4.69, 9.17) is 0 Å². The minimum absolute atomic E-state index is 0.307. The zero-order chi connectivity index (χ0) is 19.7. The molecular weight excluding hydrogens is 370 g/mol. The molecule has 146 valence electrons. The number of likely N-dealkylation sites (N-methyl/N-ethyl adjacent to an activating group) is 1. The number of hydrogen-bond donors (Lipinski definition) is 1. The molecule has 0 radical (unpaired) electrons. The van der Waals surface area contributed by atoms with E-state index in [1.54, 1.807) is 18.2 Å². The van der Waals surface area contributed by atoms with Crippen molar-refractivity contribution in [2.75, 3.05) is 42.8 Å². The molecule has 1 heterocycles. The van der Waals surface area contributed by atoms with Crippen LogP contribution in [0.5, 0.6) is 0 Å². The lowest BCUT2D eigenvalue weighted by molar-refractivity contribution is 0.313. The van der Waals surface area contributed by atoms with Gasteiger partial charge < -0.3 is 9.80 Å². The summed E-state index contributed by atoms with van der Waals surface area (Å²) in [5, 5.41) is 1.72. The maximum Gasteiger partial charge on any atom is 0.262 e. The third-order valence-corrected chi connectivity index (χ3v) is 6.74. The summed E-state index contributed by atoms with van der Waals surface area (Å²) < 4.78 is 28.9. The van der Waals surface area contributed by atoms with E-state index >= 15 is 0 Å². The predicted molar refractivity (Wildman–Crippen MR) is 116 cm³/mol. The molecule has 5 nitrogen and oxygen atoms in total. The minimum Gasteiger partial charge on any atom is -0.368 e. The fraction of sp³-hybridized carbons (Fsp3) is 0.273. The van der Waals surface area contributed by atoms with E-state index in [-0.39, 0.29) is 0 Å². The van der Waals surface area contributed by atoms with E-state index in [1.165, 1.54) is 0 Å². The highest BCUT2D eigenvalue weighted by atomic mass is 32.2. The Morgan fingerprint density at radius 3 is 2.14 bits per heavy atom. The third kappa shape index (κ3) is 3.70. The quantitative estimate of drug-likeness (QED) is 0.732. The lowest BCUT2D eigenvalue weighted by atomic mass is 10.1. The second-order valence-corrected chi connectivity index (χ2v) is 9.04. The Balaban J connectivity index is 1.74. The normalized spacial score (nSPS) is 15.7. The molecule has 3 aromatic carbocycles. The van der Waals surface area contributed by atoms with Crippen LogP contribution >= 0.6 is 0 Å². The second-order valence-electron chi connectivity index (χ2n) is 7.39. The average Bonchev–Trinajstić information content (AvgIpc) is 2.69. The van der Waals surface area contributed by atoms with E-state index in [0.717, 1.165) is 48.2 Å². The van der Waals surface area contributed by atoms with E-state index in [0.29, 0.717) is 10.6 Å². The van der Waals surface area contributed by atoms with Crippen molar-refractivity contribution in [2.24, 2.45) is 0 Å². The summed E-state index contributed by atoms with van der Waals surface area (Å²) in [5.74, 6) is 0. The SMILES string of the molecule is Cc1ccc(NS(=O)(=O)c2ccc(N3CCN(C)CC3)c3ccccc23)cc1. The van der Waals surface area contributed by atoms with Crippen molar-refractivity contribution in [3.63, 3.8) is 0 Å². The van der Waals surface area contributed by atoms with Crippen molar-refractivity contribution in [1.29, 1.82) is 0 Å². The fourth-order valence-electron chi connectivity index (χ4n) is 3.64. The summed E-state index contributed by atoms with van der Waals surface area (Å²) in [6.07, 6.45) is 0. The van der Waals surface area contributed by atoms with Crippen molar-refractivity contribution in [2.45, 2.75) is 11.8 Å². The van der Waals surface area contributed by atoms with Gasteiger partial charge in [0.2, 0.25) is 0 Å². The number of fused-ring (bicyclic) bond motifs is 1. The van der Waals surface area contributed by atoms with Crippen molar-refractivity contribution < 1.29 is 8.42 Å². The van der Waals surface area contributed by atoms with Gasteiger partial charge in [-0.2, -0.15) is 0 Å². The first kappa shape index (κ1) is 18.8. The van der Waals surface area contributed by atoms with Crippen LogP contribution in [0.15, 0.2) is 65.6 Å². The van der Waals surface area contributed by atoms with Gasteiger partial charge in [-0.3, -0.25) is 4.72 Å². The molecule has 4 rings (SSSR count). The van der Waals surface area contributed by atoms with Crippen LogP contribution in [0.4, 0.5) is 11.4 Å². The van der Waals surface area contributed by atoms with Gasteiger partial charge in [0, 0.05) is 48.3 Å². The lowest BCUT2D eigenvalue weighted by Crippen LogP contribution is -2.44. The number of hydrogen-bond acceptors (Lipinski definition) is 4. The number of benzene rings is 3. The highest BCUT2D eigenvalue weighted by Gasteiger charge is 2.22. The van der Waals surface area contributed by atoms with E-state index < -0.39 is 10.0 Å². The molecule has 0 atom stereocenters. The molecule has 1 aliphatic heterocycles. The Kier molecular flexibility index (Phi) is 5.00. The summed E-state index contributed by atoms with van der Waals surface area (Å²) in [5.41, 5.74) is 2.75. The molecule has 3 aromatic rings. The Hall–Kier alpha value is -2.57. The summed E-state index contributed by atoms with van der Waals surface area (Å²) in [7, 11) is -1.56. The molecule has 0 unspecified atom stereocenters. The van der Waals surface area contributed by atoms with Crippen LogP contribution in [0.2, 0.25) is 0 Å². The molecule has 1 N–H and O–H groups in total. The third-order valence-electron chi connectivity index (χ3n) is 5.30. The maximum absolute atomic E-state index is 13.1. The van der Waals surface area contributed by atoms with Crippen molar-refractivity contribution >= 4 is 32.2 Å². The molecular formula is C22H25N3O2S. The zero-order valence-corrected chi connectivity index (χ0v) is 17.0. The van der Waals surface area contributed by atoms with Gasteiger partial charge in [0.15, 0.2) is 0 Å². The highest BCUT2D eigenvalue weighted by Crippen LogP contribution is 2.33. The van der Waals surface area contributed by atoms with Crippen LogP contribution in [0.1, 0.15) is 5.56 Å². The number of anilines is 2. The molecule has 1 fully saturated rings. The van der Waals surface area contributed by atoms with Gasteiger partial charge >= 0.3 is 0 Å².